The number of nitrogens with one attached hydrogen (secondary N) is 3. The summed E-state index contributed by atoms with van der Waals surface area (Å²) in [7, 11) is -1.77. The summed E-state index contributed by atoms with van der Waals surface area (Å²) in [6.07, 6.45) is 4.10. The molecule has 3 heterocycles. The van der Waals surface area contributed by atoms with Gasteiger partial charge in [0, 0.05) is 23.7 Å². The van der Waals surface area contributed by atoms with Crippen LogP contribution in [-0.2, 0) is 10.0 Å². The first-order valence-electron chi connectivity index (χ1n) is 11.8. The molecule has 0 amide bonds. The highest BCUT2D eigenvalue weighted by molar-refractivity contribution is 7.90. The maximum absolute atomic E-state index is 12.5. The minimum absolute atomic E-state index is 0.0555. The predicted octanol–water partition coefficient (Wildman–Crippen LogP) is 3.39. The Morgan fingerprint density at radius 2 is 1.76 bits per heavy atom. The number of aromatic nitrogens is 4. The summed E-state index contributed by atoms with van der Waals surface area (Å²) in [4.78, 5) is 19.1. The first-order chi connectivity index (χ1) is 16.2. The van der Waals surface area contributed by atoms with Gasteiger partial charge in [-0.05, 0) is 65.5 Å². The average molecular weight is 500 g/mol. The highest BCUT2D eigenvalue weighted by atomic mass is 32.2. The molecule has 0 spiro atoms. The van der Waals surface area contributed by atoms with Crippen LogP contribution in [0, 0.1) is 32.6 Å². The van der Waals surface area contributed by atoms with Crippen LogP contribution in [0.4, 0.5) is 11.8 Å². The Kier molecular flexibility index (Phi) is 5.09. The molecule has 0 aliphatic heterocycles. The Morgan fingerprint density at radius 1 is 0.971 bits per heavy atom. The lowest BCUT2D eigenvalue weighted by atomic mass is 10.1. The molecule has 0 aromatic carbocycles. The smallest absolute Gasteiger partial charge is 0.225 e. The Labute approximate surface area is 203 Å². The molecule has 180 valence electrons. The number of aryl methyl sites for hydroxylation is 3. The van der Waals surface area contributed by atoms with Gasteiger partial charge in [-0.15, -0.1) is 11.3 Å². The van der Waals surface area contributed by atoms with E-state index in [2.05, 4.69) is 26.4 Å². The molecule has 3 aromatic rings. The molecule has 3 aromatic heterocycles. The highest BCUT2D eigenvalue weighted by Gasteiger charge is 2.64. The molecule has 4 unspecified atom stereocenters. The Bertz CT molecular complexity index is 1400. The fourth-order valence-electron chi connectivity index (χ4n) is 5.48. The first-order valence-corrected chi connectivity index (χ1v) is 14.2. The van der Waals surface area contributed by atoms with Gasteiger partial charge in [-0.25, -0.2) is 23.1 Å². The number of thiazole rings is 1. The maximum atomic E-state index is 12.5. The van der Waals surface area contributed by atoms with Crippen molar-refractivity contribution in [3.63, 3.8) is 0 Å². The van der Waals surface area contributed by atoms with Crippen LogP contribution >= 0.6 is 11.3 Å². The molecule has 34 heavy (non-hydrogen) atoms. The van der Waals surface area contributed by atoms with Crippen LogP contribution in [0.1, 0.15) is 42.8 Å². The van der Waals surface area contributed by atoms with E-state index in [1.807, 2.05) is 20.8 Å². The molecule has 6 rings (SSSR count). The first kappa shape index (κ1) is 22.1. The molecule has 11 heteroatoms. The summed E-state index contributed by atoms with van der Waals surface area (Å²) in [6, 6.07) is 2.55. The summed E-state index contributed by atoms with van der Waals surface area (Å²) in [5.41, 5.74) is 4.52. The topological polar surface area (TPSA) is 122 Å². The fraction of sp³-hybridized carbons (Fsp3) is 0.565. The van der Waals surface area contributed by atoms with Crippen LogP contribution in [0.3, 0.4) is 0 Å². The third kappa shape index (κ3) is 3.74. The molecule has 3 fully saturated rings. The largest absolute Gasteiger partial charge is 0.366 e. The van der Waals surface area contributed by atoms with Gasteiger partial charge in [-0.2, -0.15) is 4.98 Å². The molecular formula is C23H29N7O2S2. The normalized spacial score (nSPS) is 26.0. The molecule has 3 aliphatic rings. The number of hydrogen-bond donors (Lipinski definition) is 3. The second-order valence-corrected chi connectivity index (χ2v) is 12.8. The minimum Gasteiger partial charge on any atom is -0.366 e. The van der Waals surface area contributed by atoms with Crippen molar-refractivity contribution >= 4 is 43.3 Å². The van der Waals surface area contributed by atoms with E-state index >= 15 is 0 Å². The van der Waals surface area contributed by atoms with Gasteiger partial charge < -0.3 is 10.6 Å². The van der Waals surface area contributed by atoms with E-state index in [1.54, 1.807) is 11.3 Å². The van der Waals surface area contributed by atoms with Gasteiger partial charge in [-0.3, -0.25) is 4.98 Å². The van der Waals surface area contributed by atoms with Crippen molar-refractivity contribution < 1.29 is 8.42 Å². The van der Waals surface area contributed by atoms with Crippen molar-refractivity contribution in [3.05, 3.63) is 23.1 Å². The number of anilines is 2. The molecule has 3 N–H and O–H groups in total. The van der Waals surface area contributed by atoms with E-state index in [0.29, 0.717) is 12.0 Å². The zero-order chi connectivity index (χ0) is 23.8. The fourth-order valence-corrected chi connectivity index (χ4v) is 8.45. The van der Waals surface area contributed by atoms with Crippen molar-refractivity contribution in [2.75, 3.05) is 17.7 Å². The summed E-state index contributed by atoms with van der Waals surface area (Å²) in [6.45, 7) is 5.97. The van der Waals surface area contributed by atoms with E-state index in [1.165, 1.54) is 7.05 Å². The number of nitrogens with zero attached hydrogens (tertiary/aromatic N) is 4. The predicted molar refractivity (Wildman–Crippen MR) is 135 cm³/mol. The van der Waals surface area contributed by atoms with Gasteiger partial charge in [0.2, 0.25) is 16.0 Å². The Morgan fingerprint density at radius 3 is 2.50 bits per heavy atom. The number of pyridine rings is 1. The lowest BCUT2D eigenvalue weighted by molar-refractivity contribution is 0.569. The Balaban J connectivity index is 1.40. The van der Waals surface area contributed by atoms with Crippen LogP contribution in [0.25, 0.3) is 20.8 Å². The van der Waals surface area contributed by atoms with E-state index in [9.17, 15) is 8.42 Å². The van der Waals surface area contributed by atoms with Crippen molar-refractivity contribution in [1.82, 2.24) is 24.7 Å². The molecule has 4 atom stereocenters. The van der Waals surface area contributed by atoms with E-state index < -0.39 is 10.0 Å². The zero-order valence-electron chi connectivity index (χ0n) is 19.7. The summed E-state index contributed by atoms with van der Waals surface area (Å²) < 4.78 is 28.5. The van der Waals surface area contributed by atoms with Crippen LogP contribution in [0.2, 0.25) is 0 Å². The SMILES string of the molecule is CNS(=O)(=O)C1C2CCC(Nc3nc(NC4CC4)nc(C)c3-c3nc4c(C)nc(C)cc4s3)C21. The quantitative estimate of drug-likeness (QED) is 0.452. The van der Waals surface area contributed by atoms with Gasteiger partial charge >= 0.3 is 0 Å². The average Bonchev–Trinajstić information content (AvgIpc) is 3.65. The standard InChI is InChI=1S/C23H29N7O2S2/c1-10-9-16-19(12(3)25-10)29-22(33-16)17-11(2)26-23(27-13-5-6-13)30-21(17)28-15-8-7-14-18(15)20(14)34(31,32)24-4/h9,13-15,18,20,24H,5-8H2,1-4H3,(H2,26,27,28,30). The second kappa shape index (κ2) is 7.82. The summed E-state index contributed by atoms with van der Waals surface area (Å²) in [5, 5.41) is 7.58. The molecular weight excluding hydrogens is 470 g/mol. The number of fused-ring (bicyclic) bond motifs is 2. The third-order valence-electron chi connectivity index (χ3n) is 7.29. The third-order valence-corrected chi connectivity index (χ3v) is 10.3. The molecule has 3 aliphatic carbocycles. The van der Waals surface area contributed by atoms with E-state index in [0.717, 1.165) is 69.4 Å². The van der Waals surface area contributed by atoms with Gasteiger partial charge in [-0.1, -0.05) is 0 Å². The summed E-state index contributed by atoms with van der Waals surface area (Å²) in [5.74, 6) is 1.66. The lowest BCUT2D eigenvalue weighted by Crippen LogP contribution is -2.31. The van der Waals surface area contributed by atoms with Gasteiger partial charge in [0.05, 0.1) is 26.9 Å². The van der Waals surface area contributed by atoms with E-state index in [4.69, 9.17) is 15.0 Å². The number of hydrogen-bond acceptors (Lipinski definition) is 9. The lowest BCUT2D eigenvalue weighted by Gasteiger charge is -2.20. The monoisotopic (exact) mass is 499 g/mol. The number of rotatable bonds is 7. The molecule has 0 radical (unpaired) electrons. The van der Waals surface area contributed by atoms with Crippen molar-refractivity contribution in [3.8, 4) is 10.6 Å². The van der Waals surface area contributed by atoms with Crippen LogP contribution in [0.15, 0.2) is 6.07 Å². The molecule has 9 nitrogen and oxygen atoms in total. The van der Waals surface area contributed by atoms with Crippen LogP contribution < -0.4 is 15.4 Å². The zero-order valence-corrected chi connectivity index (χ0v) is 21.3. The van der Waals surface area contributed by atoms with Crippen LogP contribution in [-0.4, -0.2) is 52.7 Å². The van der Waals surface area contributed by atoms with Crippen molar-refractivity contribution in [1.29, 1.82) is 0 Å². The van der Waals surface area contributed by atoms with Gasteiger partial charge in [0.15, 0.2) is 0 Å². The molecule has 0 saturated heterocycles. The van der Waals surface area contributed by atoms with E-state index in [-0.39, 0.29) is 23.1 Å². The Hall–Kier alpha value is -2.37. The maximum Gasteiger partial charge on any atom is 0.225 e. The number of sulfonamides is 1. The summed E-state index contributed by atoms with van der Waals surface area (Å²) >= 11 is 1.62. The highest BCUT2D eigenvalue weighted by Crippen LogP contribution is 2.56. The van der Waals surface area contributed by atoms with Gasteiger partial charge in [0.25, 0.3) is 0 Å². The molecule has 0 bridgehead atoms. The van der Waals surface area contributed by atoms with Crippen molar-refractivity contribution in [2.45, 2.75) is 63.8 Å². The molecule has 3 saturated carbocycles. The second-order valence-electron chi connectivity index (χ2n) is 9.77. The minimum atomic E-state index is -3.27. The van der Waals surface area contributed by atoms with Gasteiger partial charge in [0.1, 0.15) is 16.3 Å². The van der Waals surface area contributed by atoms with Crippen molar-refractivity contribution in [2.24, 2.45) is 11.8 Å². The van der Waals surface area contributed by atoms with Crippen LogP contribution in [0.5, 0.6) is 0 Å².